The van der Waals surface area contributed by atoms with Crippen LogP contribution in [0.3, 0.4) is 0 Å². The van der Waals surface area contributed by atoms with Crippen molar-refractivity contribution in [3.05, 3.63) is 22.3 Å². The topological polar surface area (TPSA) is 65.6 Å². The third-order valence-corrected chi connectivity index (χ3v) is 2.33. The number of rotatable bonds is 1. The Kier molecular flexibility index (Phi) is 1.91. The van der Waals surface area contributed by atoms with E-state index in [0.29, 0.717) is 6.54 Å². The molecule has 1 heterocycles. The highest BCUT2D eigenvalue weighted by atomic mass is 14.7. The second-order valence-corrected chi connectivity index (χ2v) is 3.16. The Balaban J connectivity index is 2.77. The molecule has 0 saturated carbocycles. The van der Waals surface area contributed by atoms with E-state index in [9.17, 15) is 0 Å². The van der Waals surface area contributed by atoms with E-state index in [1.165, 1.54) is 0 Å². The van der Waals surface area contributed by atoms with Gasteiger partial charge in [-0.25, -0.2) is 0 Å². The lowest BCUT2D eigenvalue weighted by Gasteiger charge is -1.98. The molecule has 0 atom stereocenters. The lowest BCUT2D eigenvalue weighted by atomic mass is 10.1. The fraction of sp³-hybridized carbons (Fsp3) is 0.300. The molecule has 3 nitrogen and oxygen atoms in total. The number of fused-ring (bicyclic) bond motifs is 1. The standard InChI is InChI=1S/C10H11N3/c11-5-7-2-1-3-10-9(7)4-8(6-12)13-10/h3-4,13H,1-2,6,12H2. The van der Waals surface area contributed by atoms with E-state index in [2.05, 4.69) is 17.1 Å². The van der Waals surface area contributed by atoms with Crippen molar-refractivity contribution in [2.75, 3.05) is 0 Å². The average Bonchev–Trinajstić information content (AvgIpc) is 2.59. The first-order chi connectivity index (χ1) is 6.35. The van der Waals surface area contributed by atoms with E-state index in [1.807, 2.05) is 6.07 Å². The molecule has 1 aromatic heterocycles. The van der Waals surface area contributed by atoms with Gasteiger partial charge in [0.2, 0.25) is 0 Å². The number of nitriles is 1. The Labute approximate surface area is 76.2 Å². The van der Waals surface area contributed by atoms with Crippen LogP contribution < -0.4 is 16.3 Å². The van der Waals surface area contributed by atoms with Gasteiger partial charge >= 0.3 is 0 Å². The van der Waals surface area contributed by atoms with Gasteiger partial charge in [0.25, 0.3) is 0 Å². The molecule has 0 saturated heterocycles. The molecule has 3 heteroatoms. The first-order valence-corrected chi connectivity index (χ1v) is 4.36. The number of hydrogen-bond donors (Lipinski definition) is 2. The van der Waals surface area contributed by atoms with Gasteiger partial charge in [0.05, 0.1) is 6.07 Å². The molecule has 0 amide bonds. The third-order valence-electron chi connectivity index (χ3n) is 2.33. The van der Waals surface area contributed by atoms with Crippen molar-refractivity contribution < 1.29 is 0 Å². The van der Waals surface area contributed by atoms with Crippen molar-refractivity contribution in [3.63, 3.8) is 0 Å². The quantitative estimate of drug-likeness (QED) is 0.613. The molecule has 66 valence electrons. The van der Waals surface area contributed by atoms with Gasteiger partial charge in [-0.2, -0.15) is 5.26 Å². The molecule has 0 fully saturated rings. The summed E-state index contributed by atoms with van der Waals surface area (Å²) < 4.78 is 0. The molecule has 1 aliphatic rings. The number of aromatic amines is 1. The summed E-state index contributed by atoms with van der Waals surface area (Å²) in [4.78, 5) is 3.20. The normalized spacial score (nSPS) is 14.6. The van der Waals surface area contributed by atoms with E-state index < -0.39 is 0 Å². The van der Waals surface area contributed by atoms with Crippen LogP contribution in [0, 0.1) is 11.3 Å². The minimum absolute atomic E-state index is 0.500. The lowest BCUT2D eigenvalue weighted by Crippen LogP contribution is -2.27. The summed E-state index contributed by atoms with van der Waals surface area (Å²) in [6.07, 6.45) is 3.92. The minimum atomic E-state index is 0.500. The number of nitrogens with two attached hydrogens (primary N) is 1. The van der Waals surface area contributed by atoms with Crippen molar-refractivity contribution in [1.29, 1.82) is 5.26 Å². The maximum absolute atomic E-state index is 8.87. The fourth-order valence-electron chi connectivity index (χ4n) is 1.66. The lowest BCUT2D eigenvalue weighted by molar-refractivity contribution is 0.997. The summed E-state index contributed by atoms with van der Waals surface area (Å²) in [6, 6.07) is 4.21. The second kappa shape index (κ2) is 3.08. The highest BCUT2D eigenvalue weighted by Crippen LogP contribution is 2.06. The molecular formula is C10H11N3. The highest BCUT2D eigenvalue weighted by molar-refractivity contribution is 5.62. The number of hydrogen-bond acceptors (Lipinski definition) is 2. The van der Waals surface area contributed by atoms with Crippen LogP contribution in [0.15, 0.2) is 6.07 Å². The Hall–Kier alpha value is -1.53. The van der Waals surface area contributed by atoms with E-state index in [-0.39, 0.29) is 0 Å². The Morgan fingerprint density at radius 3 is 3.15 bits per heavy atom. The summed E-state index contributed by atoms with van der Waals surface area (Å²) in [5, 5.41) is 11.0. The van der Waals surface area contributed by atoms with Crippen LogP contribution >= 0.6 is 0 Å². The van der Waals surface area contributed by atoms with E-state index >= 15 is 0 Å². The maximum atomic E-state index is 8.87. The third kappa shape index (κ3) is 1.25. The zero-order valence-corrected chi connectivity index (χ0v) is 7.30. The van der Waals surface area contributed by atoms with Gasteiger partial charge in [-0.1, -0.05) is 6.08 Å². The van der Waals surface area contributed by atoms with Crippen molar-refractivity contribution in [1.82, 2.24) is 4.98 Å². The van der Waals surface area contributed by atoms with E-state index in [0.717, 1.165) is 34.7 Å². The number of H-pyrrole nitrogens is 1. The van der Waals surface area contributed by atoms with Crippen molar-refractivity contribution in [2.24, 2.45) is 5.73 Å². The van der Waals surface area contributed by atoms with Gasteiger partial charge in [0.15, 0.2) is 0 Å². The van der Waals surface area contributed by atoms with Crippen LogP contribution in [-0.4, -0.2) is 4.98 Å². The SMILES string of the molecule is N#CC1=c2cc(CN)[nH]c2=CCC1. The molecule has 3 N–H and O–H groups in total. The molecule has 2 rings (SSSR count). The van der Waals surface area contributed by atoms with Crippen molar-refractivity contribution in [3.8, 4) is 6.07 Å². The van der Waals surface area contributed by atoms with Gasteiger partial charge < -0.3 is 10.7 Å². The van der Waals surface area contributed by atoms with Crippen LogP contribution in [0.1, 0.15) is 18.5 Å². The summed E-state index contributed by atoms with van der Waals surface area (Å²) in [7, 11) is 0. The molecule has 0 unspecified atom stereocenters. The molecule has 1 aromatic rings. The maximum Gasteiger partial charge on any atom is 0.0954 e. The van der Waals surface area contributed by atoms with Crippen molar-refractivity contribution in [2.45, 2.75) is 19.4 Å². The highest BCUT2D eigenvalue weighted by Gasteiger charge is 2.05. The molecule has 0 radical (unpaired) electrons. The molecule has 0 spiro atoms. The molecule has 1 aliphatic carbocycles. The second-order valence-electron chi connectivity index (χ2n) is 3.16. The number of aromatic nitrogens is 1. The van der Waals surface area contributed by atoms with Gasteiger partial charge in [-0.3, -0.25) is 0 Å². The summed E-state index contributed by atoms with van der Waals surface area (Å²) in [5.41, 5.74) is 7.38. The monoisotopic (exact) mass is 173 g/mol. The first kappa shape index (κ1) is 8.09. The zero-order valence-electron chi connectivity index (χ0n) is 7.30. The minimum Gasteiger partial charge on any atom is -0.358 e. The summed E-state index contributed by atoms with van der Waals surface area (Å²) >= 11 is 0. The van der Waals surface area contributed by atoms with E-state index in [1.54, 1.807) is 0 Å². The van der Waals surface area contributed by atoms with Crippen LogP contribution in [0.2, 0.25) is 0 Å². The molecular weight excluding hydrogens is 162 g/mol. The molecule has 0 aromatic carbocycles. The Morgan fingerprint density at radius 2 is 2.46 bits per heavy atom. The van der Waals surface area contributed by atoms with Gasteiger partial charge in [-0.05, 0) is 18.9 Å². The summed E-state index contributed by atoms with van der Waals surface area (Å²) in [5.74, 6) is 0. The van der Waals surface area contributed by atoms with Gasteiger partial charge in [0.1, 0.15) is 0 Å². The van der Waals surface area contributed by atoms with Gasteiger partial charge in [-0.15, -0.1) is 0 Å². The molecule has 13 heavy (non-hydrogen) atoms. The van der Waals surface area contributed by atoms with Crippen LogP contribution in [-0.2, 0) is 6.54 Å². The number of nitrogens with zero attached hydrogens (tertiary/aromatic N) is 1. The Bertz CT molecular complexity index is 473. The van der Waals surface area contributed by atoms with Crippen LogP contribution in [0.5, 0.6) is 0 Å². The van der Waals surface area contributed by atoms with Crippen molar-refractivity contribution >= 4 is 11.6 Å². The van der Waals surface area contributed by atoms with Gasteiger partial charge in [0, 0.05) is 28.4 Å². The van der Waals surface area contributed by atoms with Crippen LogP contribution in [0.25, 0.3) is 11.6 Å². The average molecular weight is 173 g/mol. The smallest absolute Gasteiger partial charge is 0.0954 e. The predicted octanol–water partition coefficient (Wildman–Crippen LogP) is -0.278. The first-order valence-electron chi connectivity index (χ1n) is 4.36. The summed E-state index contributed by atoms with van der Waals surface area (Å²) in [6.45, 7) is 0.500. The fourth-order valence-corrected chi connectivity index (χ4v) is 1.66. The largest absolute Gasteiger partial charge is 0.358 e. The number of nitrogens with one attached hydrogen (secondary N) is 1. The Morgan fingerprint density at radius 1 is 1.62 bits per heavy atom. The van der Waals surface area contributed by atoms with Crippen LogP contribution in [0.4, 0.5) is 0 Å². The van der Waals surface area contributed by atoms with E-state index in [4.69, 9.17) is 11.0 Å². The molecule has 0 aliphatic heterocycles. The zero-order chi connectivity index (χ0) is 9.26. The molecule has 0 bridgehead atoms. The predicted molar refractivity (Wildman–Crippen MR) is 50.7 cm³/mol.